The van der Waals surface area contributed by atoms with Gasteiger partial charge in [0.05, 0.1) is 6.61 Å². The van der Waals surface area contributed by atoms with E-state index in [9.17, 15) is 0 Å². The monoisotopic (exact) mass is 292 g/mol. The van der Waals surface area contributed by atoms with Gasteiger partial charge in [0, 0.05) is 7.11 Å². The molecule has 0 saturated heterocycles. The normalized spacial score (nSPS) is 11.9. The zero-order chi connectivity index (χ0) is 16.8. The number of hydrogen-bond donors (Lipinski definition) is 0. The Kier molecular flexibility index (Phi) is 7.67. The highest BCUT2D eigenvalue weighted by Gasteiger charge is 2.29. The van der Waals surface area contributed by atoms with Gasteiger partial charge in [0.2, 0.25) is 0 Å². The largest absolute Gasteiger partial charge is 0.380 e. The van der Waals surface area contributed by atoms with E-state index in [0.29, 0.717) is 6.61 Å². The van der Waals surface area contributed by atoms with Crippen LogP contribution in [0, 0.1) is 6.92 Å². The molecule has 0 N–H and O–H groups in total. The van der Waals surface area contributed by atoms with E-state index in [4.69, 9.17) is 4.74 Å². The first-order chi connectivity index (χ1) is 9.63. The molecule has 0 radical (unpaired) electrons. The average molecular weight is 293 g/mol. The van der Waals surface area contributed by atoms with Crippen molar-refractivity contribution in [3.8, 4) is 0 Å². The van der Waals surface area contributed by atoms with Gasteiger partial charge < -0.3 is 4.74 Å². The van der Waals surface area contributed by atoms with Crippen LogP contribution in [0.15, 0.2) is 12.1 Å². The second-order valence-electron chi connectivity index (χ2n) is 7.27. The van der Waals surface area contributed by atoms with Crippen molar-refractivity contribution in [2.45, 2.75) is 86.2 Å². The molecule has 1 aromatic rings. The third-order valence-electron chi connectivity index (χ3n) is 4.03. The molecule has 1 aromatic carbocycles. The van der Waals surface area contributed by atoms with Crippen LogP contribution >= 0.6 is 0 Å². The maximum atomic E-state index is 5.42. The molecule has 0 aromatic heterocycles. The van der Waals surface area contributed by atoms with Crippen LogP contribution < -0.4 is 0 Å². The standard InChI is InChI=1S/C18H30O.C2H6/c1-9-18(6,7)15-11-13(2)10-14(12-19-8)16(15)17(3,4)5;1-2/h10-11H,9,12H2,1-8H3;1-2H3. The number of ether oxygens (including phenoxy) is 1. The first-order valence-electron chi connectivity index (χ1n) is 8.27. The van der Waals surface area contributed by atoms with Gasteiger partial charge in [-0.3, -0.25) is 0 Å². The molecular formula is C20H36O. The molecule has 0 bridgehead atoms. The van der Waals surface area contributed by atoms with Crippen LogP contribution in [0.3, 0.4) is 0 Å². The van der Waals surface area contributed by atoms with Crippen LogP contribution in [0.2, 0.25) is 0 Å². The van der Waals surface area contributed by atoms with Gasteiger partial charge in [-0.05, 0) is 40.9 Å². The summed E-state index contributed by atoms with van der Waals surface area (Å²) in [5.41, 5.74) is 5.96. The quantitative estimate of drug-likeness (QED) is 0.646. The fraction of sp³-hybridized carbons (Fsp3) is 0.700. The van der Waals surface area contributed by atoms with E-state index < -0.39 is 0 Å². The van der Waals surface area contributed by atoms with E-state index in [1.165, 1.54) is 22.3 Å². The van der Waals surface area contributed by atoms with Gasteiger partial charge >= 0.3 is 0 Å². The SMILES string of the molecule is CC.CCC(C)(C)c1cc(C)cc(COC)c1C(C)(C)C. The van der Waals surface area contributed by atoms with Gasteiger partial charge in [0.1, 0.15) is 0 Å². The van der Waals surface area contributed by atoms with Crippen LogP contribution in [0.4, 0.5) is 0 Å². The van der Waals surface area contributed by atoms with Gasteiger partial charge in [-0.25, -0.2) is 0 Å². The molecular weight excluding hydrogens is 256 g/mol. The number of benzene rings is 1. The minimum Gasteiger partial charge on any atom is -0.380 e. The average Bonchev–Trinajstić information content (AvgIpc) is 2.39. The lowest BCUT2D eigenvalue weighted by Crippen LogP contribution is -2.26. The van der Waals surface area contributed by atoms with Crippen LogP contribution in [0.25, 0.3) is 0 Å². The van der Waals surface area contributed by atoms with E-state index in [1.807, 2.05) is 13.8 Å². The van der Waals surface area contributed by atoms with Crippen molar-refractivity contribution in [1.82, 2.24) is 0 Å². The van der Waals surface area contributed by atoms with E-state index in [1.54, 1.807) is 7.11 Å². The maximum absolute atomic E-state index is 5.42. The Balaban J connectivity index is 0.00000191. The zero-order valence-electron chi connectivity index (χ0n) is 16.0. The highest BCUT2D eigenvalue weighted by atomic mass is 16.5. The summed E-state index contributed by atoms with van der Waals surface area (Å²) in [6, 6.07) is 4.64. The van der Waals surface area contributed by atoms with Gasteiger partial charge in [-0.2, -0.15) is 0 Å². The molecule has 0 spiro atoms. The van der Waals surface area contributed by atoms with Crippen molar-refractivity contribution >= 4 is 0 Å². The van der Waals surface area contributed by atoms with E-state index in [-0.39, 0.29) is 10.8 Å². The number of rotatable bonds is 4. The molecule has 0 aliphatic carbocycles. The van der Waals surface area contributed by atoms with Crippen LogP contribution in [0.1, 0.15) is 84.1 Å². The number of methoxy groups -OCH3 is 1. The predicted molar refractivity (Wildman–Crippen MR) is 95.3 cm³/mol. The topological polar surface area (TPSA) is 9.23 Å². The zero-order valence-corrected chi connectivity index (χ0v) is 16.0. The first-order valence-corrected chi connectivity index (χ1v) is 8.27. The molecule has 1 rings (SSSR count). The molecule has 21 heavy (non-hydrogen) atoms. The lowest BCUT2D eigenvalue weighted by Gasteiger charge is -2.34. The third kappa shape index (κ3) is 5.14. The summed E-state index contributed by atoms with van der Waals surface area (Å²) in [6.07, 6.45) is 1.14. The summed E-state index contributed by atoms with van der Waals surface area (Å²) < 4.78 is 5.42. The molecule has 0 heterocycles. The third-order valence-corrected chi connectivity index (χ3v) is 4.03. The van der Waals surface area contributed by atoms with E-state index in [0.717, 1.165) is 6.42 Å². The lowest BCUT2D eigenvalue weighted by molar-refractivity contribution is 0.183. The number of aryl methyl sites for hydroxylation is 1. The van der Waals surface area contributed by atoms with E-state index >= 15 is 0 Å². The summed E-state index contributed by atoms with van der Waals surface area (Å²) in [5, 5.41) is 0. The number of hydrogen-bond acceptors (Lipinski definition) is 1. The first kappa shape index (κ1) is 20.2. The van der Waals surface area contributed by atoms with Crippen LogP contribution in [0.5, 0.6) is 0 Å². The van der Waals surface area contributed by atoms with Crippen molar-refractivity contribution in [2.75, 3.05) is 7.11 Å². The van der Waals surface area contributed by atoms with Gasteiger partial charge in [-0.15, -0.1) is 0 Å². The Morgan fingerprint density at radius 1 is 1.00 bits per heavy atom. The van der Waals surface area contributed by atoms with Gasteiger partial charge in [-0.1, -0.05) is 73.1 Å². The summed E-state index contributed by atoms with van der Waals surface area (Å²) in [6.45, 7) is 20.7. The second-order valence-corrected chi connectivity index (χ2v) is 7.27. The van der Waals surface area contributed by atoms with Crippen LogP contribution in [-0.2, 0) is 22.2 Å². The van der Waals surface area contributed by atoms with Crippen molar-refractivity contribution in [3.05, 3.63) is 34.4 Å². The highest BCUT2D eigenvalue weighted by molar-refractivity contribution is 5.46. The minimum absolute atomic E-state index is 0.142. The Bertz CT molecular complexity index is 436. The molecule has 0 aliphatic heterocycles. The minimum atomic E-state index is 0.142. The molecule has 0 amide bonds. The van der Waals surface area contributed by atoms with Crippen molar-refractivity contribution < 1.29 is 4.74 Å². The second kappa shape index (κ2) is 7.98. The summed E-state index contributed by atoms with van der Waals surface area (Å²) in [7, 11) is 1.78. The fourth-order valence-corrected chi connectivity index (χ4v) is 2.74. The summed E-state index contributed by atoms with van der Waals surface area (Å²) in [4.78, 5) is 0. The Labute approximate surface area is 133 Å². The van der Waals surface area contributed by atoms with Crippen LogP contribution in [-0.4, -0.2) is 7.11 Å². The van der Waals surface area contributed by atoms with Crippen molar-refractivity contribution in [3.63, 3.8) is 0 Å². The molecule has 1 nitrogen and oxygen atoms in total. The molecule has 0 aliphatic rings. The molecule has 0 unspecified atom stereocenters. The molecule has 122 valence electrons. The highest BCUT2D eigenvalue weighted by Crippen LogP contribution is 2.39. The van der Waals surface area contributed by atoms with Gasteiger partial charge in [0.25, 0.3) is 0 Å². The van der Waals surface area contributed by atoms with Gasteiger partial charge in [0.15, 0.2) is 0 Å². The lowest BCUT2D eigenvalue weighted by atomic mass is 9.71. The van der Waals surface area contributed by atoms with E-state index in [2.05, 4.69) is 60.6 Å². The summed E-state index contributed by atoms with van der Waals surface area (Å²) in [5.74, 6) is 0. The Morgan fingerprint density at radius 2 is 1.52 bits per heavy atom. The Hall–Kier alpha value is -0.820. The summed E-state index contributed by atoms with van der Waals surface area (Å²) >= 11 is 0. The van der Waals surface area contributed by atoms with Crippen molar-refractivity contribution in [1.29, 1.82) is 0 Å². The molecule has 0 saturated carbocycles. The molecule has 1 heteroatoms. The smallest absolute Gasteiger partial charge is 0.0716 e. The molecule has 0 atom stereocenters. The van der Waals surface area contributed by atoms with Crippen molar-refractivity contribution in [2.24, 2.45) is 0 Å². The fourth-order valence-electron chi connectivity index (χ4n) is 2.74. The molecule has 0 fully saturated rings. The Morgan fingerprint density at radius 3 is 1.90 bits per heavy atom. The predicted octanol–water partition coefficient (Wildman–Crippen LogP) is 6.15. The maximum Gasteiger partial charge on any atom is 0.0716 e.